The van der Waals surface area contributed by atoms with Crippen molar-refractivity contribution in [2.45, 2.75) is 30.3 Å². The number of methoxy groups -OCH3 is 1. The van der Waals surface area contributed by atoms with Crippen molar-refractivity contribution < 1.29 is 35.5 Å². The number of amides is 1. The van der Waals surface area contributed by atoms with Crippen LogP contribution < -0.4 is 10.5 Å². The molecule has 2 aliphatic rings. The first-order chi connectivity index (χ1) is 18.5. The molecule has 206 valence electrons. The van der Waals surface area contributed by atoms with Gasteiger partial charge in [0.2, 0.25) is 15.9 Å². The largest absolute Gasteiger partial charge is 0.494 e. The molecule has 1 aromatic carbocycles. The SMILES string of the molecule is C#C[C@H](N)c1oc(-c2ccc(OC)c3nc(C(F)(F)F)ccc23)nc1C(=O)N1CCN(S(=O)(=O)C2CC2)CC1. The normalized spacial score (nSPS) is 17.7. The van der Waals surface area contributed by atoms with Crippen LogP contribution in [0, 0.1) is 12.3 Å². The third-order valence-electron chi connectivity index (χ3n) is 6.71. The van der Waals surface area contributed by atoms with Crippen LogP contribution in [0.5, 0.6) is 5.75 Å². The van der Waals surface area contributed by atoms with E-state index >= 15 is 0 Å². The lowest BCUT2D eigenvalue weighted by molar-refractivity contribution is -0.140. The van der Waals surface area contributed by atoms with E-state index in [0.29, 0.717) is 12.8 Å². The minimum Gasteiger partial charge on any atom is -0.494 e. The number of nitrogens with two attached hydrogens (primary N) is 1. The fraction of sp³-hybridized carbons (Fsp3) is 0.400. The highest BCUT2D eigenvalue weighted by molar-refractivity contribution is 7.90. The Morgan fingerprint density at radius 1 is 1.18 bits per heavy atom. The van der Waals surface area contributed by atoms with Gasteiger partial charge >= 0.3 is 6.18 Å². The lowest BCUT2D eigenvalue weighted by atomic mass is 10.1. The summed E-state index contributed by atoms with van der Waals surface area (Å²) in [4.78, 5) is 23.0. The van der Waals surface area contributed by atoms with Gasteiger partial charge in [0.1, 0.15) is 23.0 Å². The van der Waals surface area contributed by atoms with E-state index in [2.05, 4.69) is 15.9 Å². The molecule has 0 radical (unpaired) electrons. The average Bonchev–Trinajstić information content (AvgIpc) is 3.70. The van der Waals surface area contributed by atoms with Crippen LogP contribution in [-0.2, 0) is 16.2 Å². The maximum atomic E-state index is 13.5. The number of alkyl halides is 3. The number of aromatic nitrogens is 2. The highest BCUT2D eigenvalue weighted by atomic mass is 32.2. The number of rotatable bonds is 6. The molecule has 1 aliphatic heterocycles. The van der Waals surface area contributed by atoms with E-state index in [1.807, 2.05) is 0 Å². The number of sulfonamides is 1. The van der Waals surface area contributed by atoms with Gasteiger partial charge in [-0.3, -0.25) is 4.79 Å². The Balaban J connectivity index is 1.50. The van der Waals surface area contributed by atoms with Gasteiger partial charge in [-0.1, -0.05) is 5.92 Å². The number of piperazine rings is 1. The summed E-state index contributed by atoms with van der Waals surface area (Å²) in [5.41, 5.74) is 4.92. The third-order valence-corrected chi connectivity index (χ3v) is 9.11. The van der Waals surface area contributed by atoms with Gasteiger partial charge in [-0.05, 0) is 37.1 Å². The Morgan fingerprint density at radius 3 is 2.46 bits per heavy atom. The highest BCUT2D eigenvalue weighted by Gasteiger charge is 2.42. The zero-order valence-corrected chi connectivity index (χ0v) is 21.6. The monoisotopic (exact) mass is 563 g/mol. The number of ether oxygens (including phenoxy) is 1. The van der Waals surface area contributed by atoms with E-state index in [-0.39, 0.29) is 71.0 Å². The molecule has 10 nitrogen and oxygen atoms in total. The van der Waals surface area contributed by atoms with Gasteiger partial charge in [0.05, 0.1) is 12.4 Å². The van der Waals surface area contributed by atoms with Crippen LogP contribution in [0.25, 0.3) is 22.4 Å². The summed E-state index contributed by atoms with van der Waals surface area (Å²) >= 11 is 0. The lowest BCUT2D eigenvalue weighted by Gasteiger charge is -2.33. The number of carbonyl (C=O) groups is 1. The Morgan fingerprint density at radius 2 is 1.87 bits per heavy atom. The van der Waals surface area contributed by atoms with E-state index in [4.69, 9.17) is 21.3 Å². The molecule has 2 aromatic heterocycles. The molecule has 1 amide bonds. The van der Waals surface area contributed by atoms with Gasteiger partial charge < -0.3 is 19.8 Å². The number of terminal acetylenes is 1. The van der Waals surface area contributed by atoms with Crippen LogP contribution in [0.2, 0.25) is 0 Å². The van der Waals surface area contributed by atoms with Crippen molar-refractivity contribution in [3.8, 4) is 29.5 Å². The number of hydrogen-bond donors (Lipinski definition) is 1. The van der Waals surface area contributed by atoms with Crippen LogP contribution in [0.3, 0.4) is 0 Å². The standard InChI is InChI=1S/C25H24F3N5O5S/c1-3-17(29)22-21(24(34)32-10-12-33(13-11-32)39(35,36)14-4-5-14)31-23(38-22)16-6-8-18(37-2)20-15(16)7-9-19(30-20)25(26,27)28/h1,6-9,14,17H,4-5,10-13,29H2,2H3/t17-/m0/s1. The van der Waals surface area contributed by atoms with Crippen molar-refractivity contribution in [1.29, 1.82) is 0 Å². The van der Waals surface area contributed by atoms with Crippen LogP contribution >= 0.6 is 0 Å². The number of hydrogen-bond acceptors (Lipinski definition) is 8. The van der Waals surface area contributed by atoms with Crippen LogP contribution in [0.4, 0.5) is 13.2 Å². The summed E-state index contributed by atoms with van der Waals surface area (Å²) in [6.45, 7) is 0.547. The summed E-state index contributed by atoms with van der Waals surface area (Å²) in [5, 5.41) is -0.110. The smallest absolute Gasteiger partial charge is 0.433 e. The van der Waals surface area contributed by atoms with Crippen molar-refractivity contribution >= 4 is 26.8 Å². The number of nitrogens with zero attached hydrogens (tertiary/aromatic N) is 4. The van der Waals surface area contributed by atoms with E-state index in [1.165, 1.54) is 34.5 Å². The summed E-state index contributed by atoms with van der Waals surface area (Å²) in [7, 11) is -2.07. The molecule has 3 heterocycles. The highest BCUT2D eigenvalue weighted by Crippen LogP contribution is 2.38. The number of pyridine rings is 1. The second-order valence-electron chi connectivity index (χ2n) is 9.22. The topological polar surface area (TPSA) is 132 Å². The summed E-state index contributed by atoms with van der Waals surface area (Å²) in [6, 6.07) is 3.83. The molecule has 1 saturated carbocycles. The molecule has 1 saturated heterocycles. The Bertz CT molecular complexity index is 1590. The molecule has 1 aliphatic carbocycles. The summed E-state index contributed by atoms with van der Waals surface area (Å²) in [6.07, 6.45) is 2.10. The maximum absolute atomic E-state index is 13.5. The molecule has 2 N–H and O–H groups in total. The molecule has 0 spiro atoms. The molecular formula is C25H24F3N5O5S. The van der Waals surface area contributed by atoms with E-state index in [0.717, 1.165) is 6.07 Å². The molecule has 2 fully saturated rings. The molecular weight excluding hydrogens is 539 g/mol. The maximum Gasteiger partial charge on any atom is 0.433 e. The first kappa shape index (κ1) is 26.9. The predicted octanol–water partition coefficient (Wildman–Crippen LogP) is 2.80. The van der Waals surface area contributed by atoms with E-state index < -0.39 is 33.8 Å². The van der Waals surface area contributed by atoms with Crippen molar-refractivity contribution in [3.05, 3.63) is 41.4 Å². The lowest BCUT2D eigenvalue weighted by Crippen LogP contribution is -2.51. The van der Waals surface area contributed by atoms with Crippen molar-refractivity contribution in [2.24, 2.45) is 5.73 Å². The van der Waals surface area contributed by atoms with Crippen LogP contribution in [-0.4, -0.2) is 72.0 Å². The number of carbonyl (C=O) groups excluding carboxylic acids is 1. The molecule has 0 bridgehead atoms. The minimum absolute atomic E-state index is 0.0771. The Kier molecular flexibility index (Phi) is 6.78. The van der Waals surface area contributed by atoms with Crippen molar-refractivity contribution in [3.63, 3.8) is 0 Å². The molecule has 0 unspecified atom stereocenters. The number of benzene rings is 1. The second kappa shape index (κ2) is 9.82. The van der Waals surface area contributed by atoms with Crippen LogP contribution in [0.15, 0.2) is 28.7 Å². The van der Waals surface area contributed by atoms with E-state index in [1.54, 1.807) is 0 Å². The van der Waals surface area contributed by atoms with Crippen LogP contribution in [0.1, 0.15) is 40.8 Å². The number of halogens is 3. The Hall–Kier alpha value is -3.67. The molecule has 14 heteroatoms. The molecule has 5 rings (SSSR count). The fourth-order valence-corrected chi connectivity index (χ4v) is 6.29. The minimum atomic E-state index is -4.67. The zero-order valence-electron chi connectivity index (χ0n) is 20.7. The first-order valence-electron chi connectivity index (χ1n) is 12.0. The van der Waals surface area contributed by atoms with Gasteiger partial charge in [-0.15, -0.1) is 6.42 Å². The zero-order chi connectivity index (χ0) is 28.1. The summed E-state index contributed by atoms with van der Waals surface area (Å²) < 4.78 is 77.5. The van der Waals surface area contributed by atoms with Gasteiger partial charge in [-0.25, -0.2) is 18.4 Å². The third kappa shape index (κ3) is 4.93. The van der Waals surface area contributed by atoms with Gasteiger partial charge in [-0.2, -0.15) is 17.5 Å². The van der Waals surface area contributed by atoms with Crippen molar-refractivity contribution in [2.75, 3.05) is 33.3 Å². The van der Waals surface area contributed by atoms with Crippen molar-refractivity contribution in [1.82, 2.24) is 19.2 Å². The average molecular weight is 564 g/mol. The fourth-order valence-electron chi connectivity index (χ4n) is 4.46. The Labute approximate surface area is 222 Å². The van der Waals surface area contributed by atoms with Gasteiger partial charge in [0.15, 0.2) is 11.5 Å². The molecule has 39 heavy (non-hydrogen) atoms. The molecule has 1 atom stereocenters. The second-order valence-corrected chi connectivity index (χ2v) is 11.4. The number of oxazole rings is 1. The van der Waals surface area contributed by atoms with Gasteiger partial charge in [0, 0.05) is 37.1 Å². The van der Waals surface area contributed by atoms with Gasteiger partial charge in [0.25, 0.3) is 5.91 Å². The number of fused-ring (bicyclic) bond motifs is 1. The summed E-state index contributed by atoms with van der Waals surface area (Å²) in [5.74, 6) is 1.66. The first-order valence-corrected chi connectivity index (χ1v) is 13.5. The quantitative estimate of drug-likeness (QED) is 0.453. The van der Waals surface area contributed by atoms with E-state index in [9.17, 15) is 26.4 Å². The molecule has 3 aromatic rings. The predicted molar refractivity (Wildman–Crippen MR) is 134 cm³/mol.